The van der Waals surface area contributed by atoms with Crippen LogP contribution in [0, 0.1) is 47.3 Å². The molecule has 7 heteroatoms. The second-order valence-electron chi connectivity index (χ2n) is 22.9. The lowest BCUT2D eigenvalue weighted by Crippen LogP contribution is -2.30. The Kier molecular flexibility index (Phi) is 31.2. The molecule has 4 fully saturated rings. The van der Waals surface area contributed by atoms with Crippen molar-refractivity contribution >= 4 is 11.9 Å². The van der Waals surface area contributed by atoms with E-state index in [2.05, 4.69) is 20.8 Å². The normalized spacial score (nSPS) is 25.9. The highest BCUT2D eigenvalue weighted by Gasteiger charge is 2.45. The van der Waals surface area contributed by atoms with Gasteiger partial charge in [0.25, 0.3) is 0 Å². The number of carbonyl (C=O) groups is 2. The summed E-state index contributed by atoms with van der Waals surface area (Å²) < 4.78 is 24.7. The summed E-state index contributed by atoms with van der Waals surface area (Å²) in [5.74, 6) is 5.85. The zero-order chi connectivity index (χ0) is 47.0. The van der Waals surface area contributed by atoms with Crippen LogP contribution in [0.5, 0.6) is 0 Å². The Morgan fingerprint density at radius 3 is 1.50 bits per heavy atom. The van der Waals surface area contributed by atoms with Crippen LogP contribution < -0.4 is 0 Å². The van der Waals surface area contributed by atoms with E-state index in [1.54, 1.807) is 0 Å². The van der Waals surface area contributed by atoms with Gasteiger partial charge in [-0.05, 0) is 113 Å². The molecule has 10 atom stereocenters. The predicted octanol–water partition coefficient (Wildman–Crippen LogP) is 15.9. The van der Waals surface area contributed by atoms with E-state index in [1.165, 1.54) is 193 Å². The average Bonchev–Trinajstić information content (AvgIpc) is 4.26. The third kappa shape index (κ3) is 26.7. The molecule has 0 heterocycles. The highest BCUT2D eigenvalue weighted by atomic mass is 16.6. The van der Waals surface area contributed by atoms with Gasteiger partial charge in [0, 0.05) is 26.2 Å². The summed E-state index contributed by atoms with van der Waals surface area (Å²) in [6.45, 7) is 9.75. The second-order valence-corrected chi connectivity index (χ2v) is 22.9. The first kappa shape index (κ1) is 57.4. The largest absolute Gasteiger partial charge is 0.463 e. The lowest BCUT2D eigenvalue weighted by molar-refractivity contribution is -0.153. The zero-order valence-corrected chi connectivity index (χ0v) is 44.4. The van der Waals surface area contributed by atoms with Crippen LogP contribution in [-0.2, 0) is 28.5 Å². The first-order valence-corrected chi connectivity index (χ1v) is 29.5. The van der Waals surface area contributed by atoms with E-state index in [0.29, 0.717) is 38.5 Å². The molecule has 0 bridgehead atoms. The first-order valence-electron chi connectivity index (χ1n) is 29.5. The van der Waals surface area contributed by atoms with Crippen molar-refractivity contribution in [1.82, 2.24) is 4.90 Å². The summed E-state index contributed by atoms with van der Waals surface area (Å²) in [4.78, 5) is 28.3. The van der Waals surface area contributed by atoms with Crippen molar-refractivity contribution in [3.05, 3.63) is 0 Å². The Morgan fingerprint density at radius 2 is 1.00 bits per heavy atom. The monoisotopic (exact) mass is 928 g/mol. The standard InChI is InChI=1S/C59H109NO6/c1-6-9-11-13-19-25-31-49-42-51(49)33-27-21-15-17-23-29-39-63-46-55(64-40-30-24-18-16-22-28-34-52-43-50(52)32-26-20-14-12-10-7-2)47-65-59(62)45-53-35-36-57(66-58(61)37-38-60(4)5)56(53)44-54-41-48(54)8-3/h48-57H,6-47H2,1-5H3. The summed E-state index contributed by atoms with van der Waals surface area (Å²) in [6, 6.07) is 0. The van der Waals surface area contributed by atoms with Gasteiger partial charge in [0.2, 0.25) is 0 Å². The Morgan fingerprint density at radius 1 is 0.515 bits per heavy atom. The van der Waals surface area contributed by atoms with E-state index >= 15 is 0 Å². The Bertz CT molecular complexity index is 1210. The maximum Gasteiger partial charge on any atom is 0.307 e. The molecular formula is C59H109NO6. The number of hydrogen-bond donors (Lipinski definition) is 0. The third-order valence-corrected chi connectivity index (χ3v) is 16.7. The highest BCUT2D eigenvalue weighted by molar-refractivity contribution is 5.70. The number of ether oxygens (including phenoxy) is 4. The molecule has 0 spiro atoms. The summed E-state index contributed by atoms with van der Waals surface area (Å²) in [7, 11) is 3.97. The minimum atomic E-state index is -0.231. The molecule has 0 amide bonds. The van der Waals surface area contributed by atoms with Gasteiger partial charge in [-0.2, -0.15) is 0 Å². The summed E-state index contributed by atoms with van der Waals surface area (Å²) in [5.41, 5.74) is 0. The Hall–Kier alpha value is -1.18. The number of unbranched alkanes of at least 4 members (excludes halogenated alkanes) is 20. The van der Waals surface area contributed by atoms with Crippen LogP contribution >= 0.6 is 0 Å². The lowest BCUT2D eigenvalue weighted by Gasteiger charge is -2.25. The first-order chi connectivity index (χ1) is 32.3. The molecule has 4 saturated carbocycles. The van der Waals surface area contributed by atoms with Crippen molar-refractivity contribution in [3.8, 4) is 0 Å². The fourth-order valence-electron chi connectivity index (χ4n) is 11.9. The molecule has 0 saturated heterocycles. The molecule has 0 radical (unpaired) electrons. The fourth-order valence-corrected chi connectivity index (χ4v) is 11.9. The molecule has 0 aliphatic heterocycles. The van der Waals surface area contributed by atoms with E-state index in [9.17, 15) is 9.59 Å². The molecule has 4 rings (SSSR count). The number of carbonyl (C=O) groups excluding carboxylic acids is 2. The molecule has 0 N–H and O–H groups in total. The maximum absolute atomic E-state index is 13.5. The van der Waals surface area contributed by atoms with Crippen molar-refractivity contribution in [3.63, 3.8) is 0 Å². The minimum absolute atomic E-state index is 0.0830. The second kappa shape index (κ2) is 35.8. The van der Waals surface area contributed by atoms with Gasteiger partial charge >= 0.3 is 11.9 Å². The molecule has 66 heavy (non-hydrogen) atoms. The van der Waals surface area contributed by atoms with Crippen LogP contribution in [0.3, 0.4) is 0 Å². The van der Waals surface area contributed by atoms with Crippen molar-refractivity contribution in [1.29, 1.82) is 0 Å². The summed E-state index contributed by atoms with van der Waals surface area (Å²) in [6.07, 6.45) is 47.2. The average molecular weight is 929 g/mol. The van der Waals surface area contributed by atoms with Gasteiger partial charge in [-0.25, -0.2) is 0 Å². The molecule has 0 aromatic heterocycles. The maximum atomic E-state index is 13.5. The van der Waals surface area contributed by atoms with Gasteiger partial charge in [0.05, 0.1) is 13.0 Å². The van der Waals surface area contributed by atoms with Gasteiger partial charge < -0.3 is 23.8 Å². The van der Waals surface area contributed by atoms with E-state index in [0.717, 1.165) is 68.3 Å². The number of rotatable bonds is 46. The van der Waals surface area contributed by atoms with Gasteiger partial charge in [0.15, 0.2) is 0 Å². The van der Waals surface area contributed by atoms with Crippen LogP contribution in [0.2, 0.25) is 0 Å². The quantitative estimate of drug-likeness (QED) is 0.0445. The van der Waals surface area contributed by atoms with E-state index in [4.69, 9.17) is 18.9 Å². The smallest absolute Gasteiger partial charge is 0.307 e. The minimum Gasteiger partial charge on any atom is -0.463 e. The number of hydrogen-bond acceptors (Lipinski definition) is 7. The van der Waals surface area contributed by atoms with Crippen molar-refractivity contribution in [2.45, 2.75) is 271 Å². The molecule has 386 valence electrons. The van der Waals surface area contributed by atoms with Gasteiger partial charge in [-0.15, -0.1) is 0 Å². The fraction of sp³-hybridized carbons (Fsp3) is 0.966. The topological polar surface area (TPSA) is 74.3 Å². The van der Waals surface area contributed by atoms with Crippen LogP contribution in [0.25, 0.3) is 0 Å². The predicted molar refractivity (Wildman–Crippen MR) is 276 cm³/mol. The summed E-state index contributed by atoms with van der Waals surface area (Å²) in [5, 5.41) is 0. The summed E-state index contributed by atoms with van der Waals surface area (Å²) >= 11 is 0. The van der Waals surface area contributed by atoms with E-state index in [-0.39, 0.29) is 42.6 Å². The van der Waals surface area contributed by atoms with Crippen LogP contribution in [-0.4, -0.2) is 76.1 Å². The molecule has 10 unspecified atom stereocenters. The molecule has 0 aromatic rings. The van der Waals surface area contributed by atoms with Crippen LogP contribution in [0.1, 0.15) is 258 Å². The number of esters is 2. The van der Waals surface area contributed by atoms with Crippen LogP contribution in [0.15, 0.2) is 0 Å². The lowest BCUT2D eigenvalue weighted by atomic mass is 9.86. The van der Waals surface area contributed by atoms with Crippen molar-refractivity contribution in [2.24, 2.45) is 47.3 Å². The molecule has 4 aliphatic rings. The highest BCUT2D eigenvalue weighted by Crippen LogP contribution is 2.51. The van der Waals surface area contributed by atoms with E-state index < -0.39 is 0 Å². The van der Waals surface area contributed by atoms with Crippen LogP contribution in [0.4, 0.5) is 0 Å². The van der Waals surface area contributed by atoms with Crippen molar-refractivity contribution in [2.75, 3.05) is 47.1 Å². The Balaban J connectivity index is 1.08. The van der Waals surface area contributed by atoms with E-state index in [1.807, 2.05) is 19.0 Å². The zero-order valence-electron chi connectivity index (χ0n) is 44.4. The SMILES string of the molecule is CCCCCCCCC1CC1CCCCCCCCOCC(COC(=O)CC1CCC(OC(=O)CCN(C)C)C1CC1CC1CC)OCCCCCCCCC1CC1CCCCCCCC. The van der Waals surface area contributed by atoms with Gasteiger partial charge in [0.1, 0.15) is 18.8 Å². The van der Waals surface area contributed by atoms with Gasteiger partial charge in [-0.3, -0.25) is 9.59 Å². The Labute approximate surface area is 408 Å². The van der Waals surface area contributed by atoms with Gasteiger partial charge in [-0.1, -0.05) is 194 Å². The molecule has 4 aliphatic carbocycles. The number of nitrogens with zero attached hydrogens (tertiary/aromatic N) is 1. The molecule has 7 nitrogen and oxygen atoms in total. The van der Waals surface area contributed by atoms with Crippen molar-refractivity contribution < 1.29 is 28.5 Å². The third-order valence-electron chi connectivity index (χ3n) is 16.7. The molecule has 0 aromatic carbocycles. The molecular weight excluding hydrogens is 819 g/mol.